The Morgan fingerprint density at radius 1 is 1.28 bits per heavy atom. The number of alkyl halides is 1. The van der Waals surface area contributed by atoms with Crippen molar-refractivity contribution >= 4 is 17.3 Å². The molecule has 0 amide bonds. The van der Waals surface area contributed by atoms with Gasteiger partial charge in [0.2, 0.25) is 6.29 Å². The quantitative estimate of drug-likeness (QED) is 0.767. The molecule has 1 aromatic rings. The van der Waals surface area contributed by atoms with Crippen LogP contribution in [0.25, 0.3) is 0 Å². The Labute approximate surface area is 113 Å². The van der Waals surface area contributed by atoms with E-state index in [9.17, 15) is 0 Å². The van der Waals surface area contributed by atoms with Crippen LogP contribution in [0.5, 0.6) is 0 Å². The van der Waals surface area contributed by atoms with Crippen LogP contribution in [-0.2, 0) is 9.57 Å². The maximum absolute atomic E-state index is 6.35. The van der Waals surface area contributed by atoms with Crippen molar-refractivity contribution in [1.82, 2.24) is 0 Å². The van der Waals surface area contributed by atoms with Crippen LogP contribution in [0.2, 0.25) is 0 Å². The number of benzene rings is 1. The molecule has 2 atom stereocenters. The van der Waals surface area contributed by atoms with Gasteiger partial charge >= 0.3 is 0 Å². The van der Waals surface area contributed by atoms with Gasteiger partial charge in [0.1, 0.15) is 5.71 Å². The number of ether oxygens (including phenoxy) is 1. The standard InChI is InChI=1S/C14H18ClNO2/c1-14(2,3)17-12-9-11(15)13(16-18-12)10-7-5-4-6-8-10/h4-8,11-12H,9H2,1-3H3/t11-,12+/m0/s1. The van der Waals surface area contributed by atoms with E-state index >= 15 is 0 Å². The topological polar surface area (TPSA) is 30.8 Å². The maximum atomic E-state index is 6.35. The molecule has 0 saturated heterocycles. The molecule has 1 aliphatic heterocycles. The van der Waals surface area contributed by atoms with Crippen LogP contribution in [-0.4, -0.2) is 23.0 Å². The van der Waals surface area contributed by atoms with Crippen molar-refractivity contribution in [2.75, 3.05) is 0 Å². The fourth-order valence-corrected chi connectivity index (χ4v) is 2.11. The minimum Gasteiger partial charge on any atom is -0.363 e. The molecule has 2 rings (SSSR count). The van der Waals surface area contributed by atoms with E-state index in [-0.39, 0.29) is 17.3 Å². The van der Waals surface area contributed by atoms with Gasteiger partial charge in [-0.15, -0.1) is 11.6 Å². The first-order chi connectivity index (χ1) is 8.46. The third kappa shape index (κ3) is 3.47. The fraction of sp³-hybridized carbons (Fsp3) is 0.500. The van der Waals surface area contributed by atoms with Crippen LogP contribution < -0.4 is 0 Å². The first-order valence-corrected chi connectivity index (χ1v) is 6.50. The second-order valence-corrected chi connectivity index (χ2v) is 5.84. The molecular formula is C14H18ClNO2. The molecule has 0 unspecified atom stereocenters. The first kappa shape index (κ1) is 13.4. The summed E-state index contributed by atoms with van der Waals surface area (Å²) in [5.74, 6) is 0. The van der Waals surface area contributed by atoms with Crippen LogP contribution in [0, 0.1) is 0 Å². The van der Waals surface area contributed by atoms with Crippen molar-refractivity contribution in [1.29, 1.82) is 0 Å². The van der Waals surface area contributed by atoms with E-state index in [0.717, 1.165) is 11.3 Å². The highest BCUT2D eigenvalue weighted by Gasteiger charge is 2.30. The summed E-state index contributed by atoms with van der Waals surface area (Å²) in [6, 6.07) is 9.83. The lowest BCUT2D eigenvalue weighted by Crippen LogP contribution is -2.35. The minimum atomic E-state index is -0.375. The highest BCUT2D eigenvalue weighted by molar-refractivity contribution is 6.35. The molecule has 0 bridgehead atoms. The van der Waals surface area contributed by atoms with E-state index in [0.29, 0.717) is 6.42 Å². The molecule has 1 heterocycles. The largest absolute Gasteiger partial charge is 0.363 e. The Morgan fingerprint density at radius 2 is 1.94 bits per heavy atom. The smallest absolute Gasteiger partial charge is 0.229 e. The molecule has 0 aliphatic carbocycles. The normalized spacial score (nSPS) is 24.3. The average molecular weight is 268 g/mol. The molecule has 0 aromatic heterocycles. The summed E-state index contributed by atoms with van der Waals surface area (Å²) >= 11 is 6.35. The van der Waals surface area contributed by atoms with Crippen molar-refractivity contribution < 1.29 is 9.57 Å². The van der Waals surface area contributed by atoms with E-state index in [1.807, 2.05) is 51.1 Å². The van der Waals surface area contributed by atoms with E-state index < -0.39 is 0 Å². The predicted molar refractivity (Wildman–Crippen MR) is 72.9 cm³/mol. The van der Waals surface area contributed by atoms with Gasteiger partial charge in [0, 0.05) is 12.0 Å². The van der Waals surface area contributed by atoms with Crippen LogP contribution in [0.15, 0.2) is 35.5 Å². The highest BCUT2D eigenvalue weighted by atomic mass is 35.5. The Morgan fingerprint density at radius 3 is 2.50 bits per heavy atom. The van der Waals surface area contributed by atoms with Crippen molar-refractivity contribution in [2.24, 2.45) is 5.16 Å². The average Bonchev–Trinajstić information content (AvgIpc) is 2.28. The molecular weight excluding hydrogens is 250 g/mol. The summed E-state index contributed by atoms with van der Waals surface area (Å²) in [5, 5.41) is 3.92. The van der Waals surface area contributed by atoms with Gasteiger partial charge in [0.25, 0.3) is 0 Å². The molecule has 0 radical (unpaired) electrons. The third-order valence-corrected chi connectivity index (χ3v) is 2.90. The highest BCUT2D eigenvalue weighted by Crippen LogP contribution is 2.25. The number of hydrogen-bond donors (Lipinski definition) is 0. The lowest BCUT2D eigenvalue weighted by Gasteiger charge is -2.30. The number of hydrogen-bond acceptors (Lipinski definition) is 3. The molecule has 1 aromatic carbocycles. The molecule has 3 nitrogen and oxygen atoms in total. The maximum Gasteiger partial charge on any atom is 0.229 e. The zero-order valence-corrected chi connectivity index (χ0v) is 11.6. The van der Waals surface area contributed by atoms with Crippen LogP contribution >= 0.6 is 11.6 Å². The van der Waals surface area contributed by atoms with Gasteiger partial charge in [0.05, 0.1) is 11.0 Å². The molecule has 4 heteroatoms. The second-order valence-electron chi connectivity index (χ2n) is 5.31. The van der Waals surface area contributed by atoms with Crippen molar-refractivity contribution in [3.05, 3.63) is 35.9 Å². The van der Waals surface area contributed by atoms with Crippen molar-refractivity contribution in [3.63, 3.8) is 0 Å². The van der Waals surface area contributed by atoms with Gasteiger partial charge < -0.3 is 9.57 Å². The second kappa shape index (κ2) is 5.29. The summed E-state index contributed by atoms with van der Waals surface area (Å²) in [4.78, 5) is 5.37. The Balaban J connectivity index is 2.09. The summed E-state index contributed by atoms with van der Waals surface area (Å²) in [6.45, 7) is 5.95. The molecule has 1 aliphatic rings. The van der Waals surface area contributed by atoms with Gasteiger partial charge in [-0.25, -0.2) is 0 Å². The van der Waals surface area contributed by atoms with Crippen LogP contribution in [0.3, 0.4) is 0 Å². The minimum absolute atomic E-state index is 0.187. The van der Waals surface area contributed by atoms with E-state index in [1.54, 1.807) is 0 Å². The van der Waals surface area contributed by atoms with Gasteiger partial charge in [-0.3, -0.25) is 0 Å². The SMILES string of the molecule is CC(C)(C)O[C@H]1C[C@H](Cl)C(c2ccccc2)=NO1. The van der Waals surface area contributed by atoms with Crippen molar-refractivity contribution in [3.8, 4) is 0 Å². The van der Waals surface area contributed by atoms with Crippen LogP contribution in [0.4, 0.5) is 0 Å². The van der Waals surface area contributed by atoms with Gasteiger partial charge in [-0.1, -0.05) is 35.5 Å². The van der Waals surface area contributed by atoms with Gasteiger partial charge in [-0.05, 0) is 20.8 Å². The zero-order chi connectivity index (χ0) is 13.2. The monoisotopic (exact) mass is 267 g/mol. The molecule has 0 spiro atoms. The van der Waals surface area contributed by atoms with E-state index in [4.69, 9.17) is 21.2 Å². The summed E-state index contributed by atoms with van der Waals surface area (Å²) in [5.41, 5.74) is 1.50. The van der Waals surface area contributed by atoms with E-state index in [1.165, 1.54) is 0 Å². The third-order valence-electron chi connectivity index (χ3n) is 2.52. The number of oxime groups is 1. The zero-order valence-electron chi connectivity index (χ0n) is 10.9. The molecule has 0 N–H and O–H groups in total. The first-order valence-electron chi connectivity index (χ1n) is 6.07. The van der Waals surface area contributed by atoms with Gasteiger partial charge in [-0.2, -0.15) is 0 Å². The Hall–Kier alpha value is -1.06. The summed E-state index contributed by atoms with van der Waals surface area (Å²) in [7, 11) is 0. The van der Waals surface area contributed by atoms with Crippen LogP contribution in [0.1, 0.15) is 32.8 Å². The number of nitrogens with zero attached hydrogens (tertiary/aromatic N) is 1. The molecule has 0 fully saturated rings. The number of halogens is 1. The molecule has 0 saturated carbocycles. The Kier molecular flexibility index (Phi) is 3.93. The lowest BCUT2D eigenvalue weighted by atomic mass is 10.0. The van der Waals surface area contributed by atoms with Gasteiger partial charge in [0.15, 0.2) is 0 Å². The molecule has 98 valence electrons. The van der Waals surface area contributed by atoms with Crippen molar-refractivity contribution in [2.45, 2.75) is 44.5 Å². The molecule has 18 heavy (non-hydrogen) atoms. The number of rotatable bonds is 2. The predicted octanol–water partition coefficient (Wildman–Crippen LogP) is 3.56. The lowest BCUT2D eigenvalue weighted by molar-refractivity contribution is -0.200. The summed E-state index contributed by atoms with van der Waals surface area (Å²) < 4.78 is 5.72. The fourth-order valence-electron chi connectivity index (χ4n) is 1.80. The summed E-state index contributed by atoms with van der Waals surface area (Å²) in [6.07, 6.45) is 0.229. The Bertz CT molecular complexity index is 425. The van der Waals surface area contributed by atoms with E-state index in [2.05, 4.69) is 5.16 Å².